The Bertz CT molecular complexity index is 770. The van der Waals surface area contributed by atoms with Crippen LogP contribution in [0.5, 0.6) is 11.5 Å². The largest absolute Gasteiger partial charge is 0.493 e. The Morgan fingerprint density at radius 3 is 2.52 bits per heavy atom. The van der Waals surface area contributed by atoms with E-state index in [4.69, 9.17) is 9.47 Å². The van der Waals surface area contributed by atoms with Gasteiger partial charge in [-0.3, -0.25) is 25.1 Å². The van der Waals surface area contributed by atoms with Crippen LogP contribution in [0.25, 0.3) is 0 Å². The number of hydrogen-bond acceptors (Lipinski definition) is 5. The first-order valence-corrected chi connectivity index (χ1v) is 7.85. The molecule has 2 N–H and O–H groups in total. The molecule has 0 spiro atoms. The lowest BCUT2D eigenvalue weighted by Gasteiger charge is -2.12. The molecule has 1 aromatic heterocycles. The van der Waals surface area contributed by atoms with Crippen LogP contribution in [-0.4, -0.2) is 35.3 Å². The molecule has 0 aliphatic carbocycles. The van der Waals surface area contributed by atoms with Crippen molar-refractivity contribution in [1.29, 1.82) is 0 Å². The summed E-state index contributed by atoms with van der Waals surface area (Å²) < 4.78 is 12.2. The van der Waals surface area contributed by atoms with Gasteiger partial charge < -0.3 is 9.47 Å². The predicted octanol–water partition coefficient (Wildman–Crippen LogP) is 1.37. The van der Waals surface area contributed by atoms with Crippen LogP contribution >= 0.6 is 0 Å². The number of carbonyl (C=O) groups excluding carboxylic acids is 2. The van der Waals surface area contributed by atoms with Crippen molar-refractivity contribution < 1.29 is 19.1 Å². The smallest absolute Gasteiger partial charge is 0.269 e. The maximum atomic E-state index is 12.2. The summed E-state index contributed by atoms with van der Waals surface area (Å²) in [5.74, 6) is 0.166. The lowest BCUT2D eigenvalue weighted by Crippen LogP contribution is -2.43. The number of amides is 2. The van der Waals surface area contributed by atoms with Gasteiger partial charge in [0.15, 0.2) is 11.5 Å². The van der Waals surface area contributed by atoms with Crippen molar-refractivity contribution in [2.75, 3.05) is 13.7 Å². The molecule has 2 rings (SSSR count). The summed E-state index contributed by atoms with van der Waals surface area (Å²) in [4.78, 5) is 24.1. The lowest BCUT2D eigenvalue weighted by molar-refractivity contribution is -0.122. The molecule has 0 aliphatic heterocycles. The standard InChI is InChI=1S/C17H22N4O4/c1-5-25-14-7-6-13(9-15(14)24-4)17(23)19-18-16(22)10-21-12(3)8-11(2)20-21/h6-9H,5,10H2,1-4H3,(H,18,22)(H,19,23). The third-order valence-electron chi connectivity index (χ3n) is 3.44. The number of ether oxygens (including phenoxy) is 2. The fourth-order valence-corrected chi connectivity index (χ4v) is 2.29. The van der Waals surface area contributed by atoms with Crippen molar-refractivity contribution in [3.05, 3.63) is 41.2 Å². The highest BCUT2D eigenvalue weighted by Gasteiger charge is 2.13. The summed E-state index contributed by atoms with van der Waals surface area (Å²) in [6.45, 7) is 6.08. The first-order chi connectivity index (χ1) is 11.9. The molecule has 25 heavy (non-hydrogen) atoms. The van der Waals surface area contributed by atoms with Crippen LogP contribution in [0.15, 0.2) is 24.3 Å². The Kier molecular flexibility index (Phi) is 5.99. The van der Waals surface area contributed by atoms with Gasteiger partial charge in [-0.05, 0) is 45.0 Å². The van der Waals surface area contributed by atoms with Gasteiger partial charge in [0.25, 0.3) is 11.8 Å². The minimum atomic E-state index is -0.455. The zero-order chi connectivity index (χ0) is 18.4. The van der Waals surface area contributed by atoms with Gasteiger partial charge in [-0.15, -0.1) is 0 Å². The van der Waals surface area contributed by atoms with Gasteiger partial charge in [-0.25, -0.2) is 0 Å². The van der Waals surface area contributed by atoms with E-state index < -0.39 is 5.91 Å². The molecule has 0 saturated heterocycles. The average molecular weight is 346 g/mol. The Morgan fingerprint density at radius 1 is 1.16 bits per heavy atom. The van der Waals surface area contributed by atoms with Gasteiger partial charge >= 0.3 is 0 Å². The van der Waals surface area contributed by atoms with E-state index in [-0.39, 0.29) is 12.5 Å². The molecule has 1 heterocycles. The zero-order valence-electron chi connectivity index (χ0n) is 14.8. The van der Waals surface area contributed by atoms with Gasteiger partial charge in [0.2, 0.25) is 0 Å². The maximum absolute atomic E-state index is 12.2. The fraction of sp³-hybridized carbons (Fsp3) is 0.353. The molecule has 8 nitrogen and oxygen atoms in total. The monoisotopic (exact) mass is 346 g/mol. The second-order valence-electron chi connectivity index (χ2n) is 5.39. The molecule has 0 saturated carbocycles. The van der Waals surface area contributed by atoms with Crippen LogP contribution in [0.2, 0.25) is 0 Å². The summed E-state index contributed by atoms with van der Waals surface area (Å²) in [6, 6.07) is 6.66. The second-order valence-corrected chi connectivity index (χ2v) is 5.39. The van der Waals surface area contributed by atoms with Gasteiger partial charge in [0, 0.05) is 11.3 Å². The van der Waals surface area contributed by atoms with E-state index in [0.29, 0.717) is 23.7 Å². The van der Waals surface area contributed by atoms with Crippen LogP contribution < -0.4 is 20.3 Å². The van der Waals surface area contributed by atoms with Gasteiger partial charge in [0.1, 0.15) is 6.54 Å². The van der Waals surface area contributed by atoms with Crippen molar-refractivity contribution >= 4 is 11.8 Å². The number of aryl methyl sites for hydroxylation is 2. The van der Waals surface area contributed by atoms with Crippen molar-refractivity contribution in [2.45, 2.75) is 27.3 Å². The second kappa shape index (κ2) is 8.18. The molecule has 0 radical (unpaired) electrons. The minimum absolute atomic E-state index is 0.0204. The first kappa shape index (κ1) is 18.3. The molecule has 2 amide bonds. The Balaban J connectivity index is 1.95. The zero-order valence-corrected chi connectivity index (χ0v) is 14.8. The van der Waals surface area contributed by atoms with E-state index in [1.165, 1.54) is 7.11 Å². The Labute approximate surface area is 146 Å². The SMILES string of the molecule is CCOc1ccc(C(=O)NNC(=O)Cn2nc(C)cc2C)cc1OC. The van der Waals surface area contributed by atoms with Gasteiger partial charge in [0.05, 0.1) is 19.4 Å². The number of aromatic nitrogens is 2. The summed E-state index contributed by atoms with van der Waals surface area (Å²) in [6.07, 6.45) is 0. The first-order valence-electron chi connectivity index (χ1n) is 7.85. The molecular weight excluding hydrogens is 324 g/mol. The molecule has 0 aliphatic rings. The van der Waals surface area contributed by atoms with Crippen molar-refractivity contribution in [2.24, 2.45) is 0 Å². The van der Waals surface area contributed by atoms with Crippen LogP contribution in [0.3, 0.4) is 0 Å². The third-order valence-corrected chi connectivity index (χ3v) is 3.44. The molecule has 2 aromatic rings. The molecule has 1 aromatic carbocycles. The maximum Gasteiger partial charge on any atom is 0.269 e. The predicted molar refractivity (Wildman–Crippen MR) is 91.5 cm³/mol. The number of benzene rings is 1. The highest BCUT2D eigenvalue weighted by molar-refractivity contribution is 5.96. The van der Waals surface area contributed by atoms with Crippen molar-refractivity contribution in [3.63, 3.8) is 0 Å². The topological polar surface area (TPSA) is 94.5 Å². The number of hydrazine groups is 1. The minimum Gasteiger partial charge on any atom is -0.493 e. The summed E-state index contributed by atoms with van der Waals surface area (Å²) >= 11 is 0. The molecule has 8 heteroatoms. The van der Waals surface area contributed by atoms with Crippen LogP contribution in [0.1, 0.15) is 28.7 Å². The quantitative estimate of drug-likeness (QED) is 0.771. The molecule has 0 fully saturated rings. The highest BCUT2D eigenvalue weighted by Crippen LogP contribution is 2.27. The summed E-state index contributed by atoms with van der Waals surface area (Å²) in [5, 5.41) is 4.20. The number of nitrogens with zero attached hydrogens (tertiary/aromatic N) is 2. The molecule has 0 atom stereocenters. The third kappa shape index (κ3) is 4.72. The fourth-order valence-electron chi connectivity index (χ4n) is 2.29. The summed E-state index contributed by atoms with van der Waals surface area (Å²) in [5.41, 5.74) is 6.78. The summed E-state index contributed by atoms with van der Waals surface area (Å²) in [7, 11) is 1.50. The van der Waals surface area contributed by atoms with E-state index in [0.717, 1.165) is 11.4 Å². The Morgan fingerprint density at radius 2 is 1.92 bits per heavy atom. The van der Waals surface area contributed by atoms with E-state index in [1.54, 1.807) is 22.9 Å². The van der Waals surface area contributed by atoms with Crippen LogP contribution in [0, 0.1) is 13.8 Å². The van der Waals surface area contributed by atoms with Crippen LogP contribution in [-0.2, 0) is 11.3 Å². The average Bonchev–Trinajstić information content (AvgIpc) is 2.90. The molecule has 0 unspecified atom stereocenters. The van der Waals surface area contributed by atoms with Gasteiger partial charge in [-0.2, -0.15) is 5.10 Å². The van der Waals surface area contributed by atoms with Crippen molar-refractivity contribution in [1.82, 2.24) is 20.6 Å². The number of carbonyl (C=O) groups is 2. The van der Waals surface area contributed by atoms with E-state index in [2.05, 4.69) is 16.0 Å². The van der Waals surface area contributed by atoms with E-state index in [9.17, 15) is 9.59 Å². The van der Waals surface area contributed by atoms with E-state index >= 15 is 0 Å². The molecular formula is C17H22N4O4. The van der Waals surface area contributed by atoms with Crippen LogP contribution in [0.4, 0.5) is 0 Å². The molecule has 134 valence electrons. The number of hydrogen-bond donors (Lipinski definition) is 2. The highest BCUT2D eigenvalue weighted by atomic mass is 16.5. The number of rotatable bonds is 6. The number of methoxy groups -OCH3 is 1. The lowest BCUT2D eigenvalue weighted by atomic mass is 10.2. The number of nitrogens with one attached hydrogen (secondary N) is 2. The molecule has 0 bridgehead atoms. The van der Waals surface area contributed by atoms with E-state index in [1.807, 2.05) is 26.8 Å². The van der Waals surface area contributed by atoms with Crippen molar-refractivity contribution in [3.8, 4) is 11.5 Å². The normalized spacial score (nSPS) is 10.2. The Hall–Kier alpha value is -3.03. The van der Waals surface area contributed by atoms with Gasteiger partial charge in [-0.1, -0.05) is 0 Å².